The van der Waals surface area contributed by atoms with Gasteiger partial charge in [-0.3, -0.25) is 9.59 Å². The number of rotatable bonds is 4. The summed E-state index contributed by atoms with van der Waals surface area (Å²) in [5, 5.41) is 13.8. The SMILES string of the molecule is O=C([C@H]1CCCO1)N1CCC2(CC1)C[C@@]2(C(=O)O)c1ccc(-c2ccc3c(c2)NCCC3)cc1. The summed E-state index contributed by atoms with van der Waals surface area (Å²) < 4.78 is 5.57. The number of amides is 1. The van der Waals surface area contributed by atoms with Gasteiger partial charge in [0.05, 0.1) is 5.41 Å². The maximum atomic E-state index is 12.7. The van der Waals surface area contributed by atoms with E-state index < -0.39 is 11.4 Å². The van der Waals surface area contributed by atoms with Crippen LogP contribution >= 0.6 is 0 Å². The smallest absolute Gasteiger partial charge is 0.314 e. The van der Waals surface area contributed by atoms with Crippen LogP contribution < -0.4 is 5.32 Å². The number of fused-ring (bicyclic) bond motifs is 1. The molecule has 0 aromatic heterocycles. The van der Waals surface area contributed by atoms with E-state index in [2.05, 4.69) is 35.6 Å². The second kappa shape index (κ2) is 8.12. The van der Waals surface area contributed by atoms with Gasteiger partial charge >= 0.3 is 5.97 Å². The number of benzene rings is 2. The first-order valence-corrected chi connectivity index (χ1v) is 12.6. The molecule has 2 aromatic rings. The van der Waals surface area contributed by atoms with Crippen LogP contribution in [0.3, 0.4) is 0 Å². The van der Waals surface area contributed by atoms with Gasteiger partial charge in [0.15, 0.2) is 0 Å². The molecule has 6 nitrogen and oxygen atoms in total. The van der Waals surface area contributed by atoms with Crippen molar-refractivity contribution in [3.8, 4) is 11.1 Å². The number of hydrogen-bond donors (Lipinski definition) is 2. The van der Waals surface area contributed by atoms with Crippen LogP contribution in [-0.4, -0.2) is 54.2 Å². The average molecular weight is 461 g/mol. The summed E-state index contributed by atoms with van der Waals surface area (Å²) in [4.78, 5) is 27.2. The highest BCUT2D eigenvalue weighted by atomic mass is 16.5. The zero-order chi connectivity index (χ0) is 23.3. The molecule has 2 aromatic carbocycles. The molecule has 1 aliphatic carbocycles. The van der Waals surface area contributed by atoms with E-state index in [1.165, 1.54) is 17.7 Å². The Morgan fingerprint density at radius 1 is 1.03 bits per heavy atom. The van der Waals surface area contributed by atoms with E-state index in [1.54, 1.807) is 0 Å². The summed E-state index contributed by atoms with van der Waals surface area (Å²) in [5.74, 6) is -0.657. The van der Waals surface area contributed by atoms with Crippen LogP contribution in [0.15, 0.2) is 42.5 Å². The Labute approximate surface area is 200 Å². The minimum Gasteiger partial charge on any atom is -0.481 e. The number of carboxylic acid groups (broad SMARTS) is 1. The molecule has 0 bridgehead atoms. The van der Waals surface area contributed by atoms with Crippen LogP contribution in [0.2, 0.25) is 0 Å². The Kier molecular flexibility index (Phi) is 5.17. The summed E-state index contributed by atoms with van der Waals surface area (Å²) in [6, 6.07) is 14.7. The zero-order valence-electron chi connectivity index (χ0n) is 19.5. The number of nitrogens with zero attached hydrogens (tertiary/aromatic N) is 1. The van der Waals surface area contributed by atoms with Gasteiger partial charge in [-0.1, -0.05) is 36.4 Å². The molecule has 2 saturated heterocycles. The number of carbonyl (C=O) groups excluding carboxylic acids is 1. The fourth-order valence-corrected chi connectivity index (χ4v) is 6.62. The number of aryl methyl sites for hydroxylation is 1. The molecule has 2 N–H and O–H groups in total. The summed E-state index contributed by atoms with van der Waals surface area (Å²) in [5.41, 5.74) is 4.60. The average Bonchev–Trinajstić information content (AvgIpc) is 3.23. The highest BCUT2D eigenvalue weighted by molar-refractivity contribution is 5.88. The van der Waals surface area contributed by atoms with Gasteiger partial charge in [-0.15, -0.1) is 0 Å². The first-order valence-electron chi connectivity index (χ1n) is 12.6. The Bertz CT molecular complexity index is 1110. The van der Waals surface area contributed by atoms with Gasteiger partial charge in [-0.05, 0) is 78.7 Å². The number of likely N-dealkylation sites (tertiary alicyclic amines) is 1. The fraction of sp³-hybridized carbons (Fsp3) is 0.500. The van der Waals surface area contributed by atoms with Gasteiger partial charge in [0, 0.05) is 31.9 Å². The Balaban J connectivity index is 1.20. The maximum Gasteiger partial charge on any atom is 0.314 e. The summed E-state index contributed by atoms with van der Waals surface area (Å²) in [7, 11) is 0. The molecule has 3 heterocycles. The van der Waals surface area contributed by atoms with Gasteiger partial charge in [-0.2, -0.15) is 0 Å². The molecule has 178 valence electrons. The molecular formula is C28H32N2O4. The van der Waals surface area contributed by atoms with Crippen molar-refractivity contribution in [3.63, 3.8) is 0 Å². The van der Waals surface area contributed by atoms with Crippen LogP contribution in [0.5, 0.6) is 0 Å². The predicted octanol–water partition coefficient (Wildman–Crippen LogP) is 4.23. The standard InChI is InChI=1S/C28H32N2O4/c31-25(24-4-2-16-34-24)30-14-11-27(12-15-30)18-28(27,26(32)33)22-9-7-19(8-10-22)21-6-5-20-3-1-13-29-23(20)17-21/h5-10,17,24,29H,1-4,11-16,18H2,(H,32,33)/t24-,28+/m1/s1. The van der Waals surface area contributed by atoms with Crippen molar-refractivity contribution < 1.29 is 19.4 Å². The van der Waals surface area contributed by atoms with E-state index in [-0.39, 0.29) is 17.4 Å². The third kappa shape index (κ3) is 3.34. The lowest BCUT2D eigenvalue weighted by atomic mass is 9.79. The Morgan fingerprint density at radius 3 is 2.50 bits per heavy atom. The normalized spacial score (nSPS) is 27.2. The first kappa shape index (κ1) is 21.7. The molecule has 4 aliphatic rings. The van der Waals surface area contributed by atoms with Gasteiger partial charge < -0.3 is 20.1 Å². The fourth-order valence-electron chi connectivity index (χ4n) is 6.62. The largest absolute Gasteiger partial charge is 0.481 e. The zero-order valence-corrected chi connectivity index (χ0v) is 19.5. The second-order valence-corrected chi connectivity index (χ2v) is 10.5. The predicted molar refractivity (Wildman–Crippen MR) is 130 cm³/mol. The Morgan fingerprint density at radius 2 is 1.79 bits per heavy atom. The highest BCUT2D eigenvalue weighted by Crippen LogP contribution is 2.69. The van der Waals surface area contributed by atoms with Gasteiger partial charge in [-0.25, -0.2) is 0 Å². The van der Waals surface area contributed by atoms with Gasteiger partial charge in [0.2, 0.25) is 0 Å². The maximum absolute atomic E-state index is 12.7. The third-order valence-electron chi connectivity index (χ3n) is 8.75. The molecule has 6 rings (SSSR count). The summed E-state index contributed by atoms with van der Waals surface area (Å²) >= 11 is 0. The monoisotopic (exact) mass is 460 g/mol. The summed E-state index contributed by atoms with van der Waals surface area (Å²) in [6.07, 6.45) is 5.83. The van der Waals surface area contributed by atoms with Crippen LogP contribution in [0, 0.1) is 5.41 Å². The van der Waals surface area contributed by atoms with E-state index in [1.807, 2.05) is 17.0 Å². The number of carbonyl (C=O) groups is 2. The van der Waals surface area contributed by atoms with Crippen LogP contribution in [0.1, 0.15) is 49.7 Å². The van der Waals surface area contributed by atoms with Crippen LogP contribution in [0.25, 0.3) is 11.1 Å². The number of anilines is 1. The number of piperidine rings is 1. The molecular weight excluding hydrogens is 428 g/mol. The topological polar surface area (TPSA) is 78.9 Å². The van der Waals surface area contributed by atoms with Crippen molar-refractivity contribution in [3.05, 3.63) is 53.6 Å². The lowest BCUT2D eigenvalue weighted by molar-refractivity contribution is -0.143. The van der Waals surface area contributed by atoms with Crippen molar-refractivity contribution in [1.82, 2.24) is 4.90 Å². The molecule has 1 amide bonds. The minimum absolute atomic E-state index is 0.0813. The Hall–Kier alpha value is -2.86. The van der Waals surface area contributed by atoms with E-state index in [0.717, 1.165) is 55.3 Å². The number of ether oxygens (including phenoxy) is 1. The molecule has 0 unspecified atom stereocenters. The molecule has 6 heteroatoms. The van der Waals surface area contributed by atoms with Crippen molar-refractivity contribution in [1.29, 1.82) is 0 Å². The third-order valence-corrected chi connectivity index (χ3v) is 8.75. The molecule has 3 fully saturated rings. The van der Waals surface area contributed by atoms with Crippen molar-refractivity contribution >= 4 is 17.6 Å². The molecule has 1 spiro atoms. The van der Waals surface area contributed by atoms with E-state index in [4.69, 9.17) is 4.74 Å². The summed E-state index contributed by atoms with van der Waals surface area (Å²) in [6.45, 7) is 2.91. The molecule has 1 saturated carbocycles. The number of hydrogen-bond acceptors (Lipinski definition) is 4. The quantitative estimate of drug-likeness (QED) is 0.714. The number of nitrogens with one attached hydrogen (secondary N) is 1. The molecule has 2 atom stereocenters. The van der Waals surface area contributed by atoms with Crippen LogP contribution in [-0.2, 0) is 26.2 Å². The molecule has 3 aliphatic heterocycles. The lowest BCUT2D eigenvalue weighted by Crippen LogP contribution is -2.46. The van der Waals surface area contributed by atoms with Crippen LogP contribution in [0.4, 0.5) is 5.69 Å². The van der Waals surface area contributed by atoms with Crippen molar-refractivity contribution in [2.75, 3.05) is 31.6 Å². The van der Waals surface area contributed by atoms with E-state index >= 15 is 0 Å². The number of carboxylic acids is 1. The van der Waals surface area contributed by atoms with Crippen molar-refractivity contribution in [2.24, 2.45) is 5.41 Å². The van der Waals surface area contributed by atoms with Gasteiger partial charge in [0.1, 0.15) is 6.10 Å². The minimum atomic E-state index is -0.845. The molecule has 0 radical (unpaired) electrons. The highest BCUT2D eigenvalue weighted by Gasteiger charge is 2.72. The van der Waals surface area contributed by atoms with Crippen molar-refractivity contribution in [2.45, 2.75) is 56.5 Å². The molecule has 34 heavy (non-hydrogen) atoms. The van der Waals surface area contributed by atoms with E-state index in [0.29, 0.717) is 26.1 Å². The number of aliphatic carboxylic acids is 1. The van der Waals surface area contributed by atoms with E-state index in [9.17, 15) is 14.7 Å². The first-order chi connectivity index (χ1) is 16.5. The second-order valence-electron chi connectivity index (χ2n) is 10.5. The van der Waals surface area contributed by atoms with Gasteiger partial charge in [0.25, 0.3) is 5.91 Å². The lowest BCUT2D eigenvalue weighted by Gasteiger charge is -2.36.